The molecule has 1 aromatic rings. The Hall–Kier alpha value is -3.33. The molecule has 0 spiro atoms. The highest BCUT2D eigenvalue weighted by molar-refractivity contribution is 7.13. The fourth-order valence-corrected chi connectivity index (χ4v) is 4.02. The molecule has 0 saturated heterocycles. The van der Waals surface area contributed by atoms with Gasteiger partial charge in [-0.1, -0.05) is 32.6 Å². The van der Waals surface area contributed by atoms with E-state index in [2.05, 4.69) is 20.6 Å². The highest BCUT2D eigenvalue weighted by atomic mass is 32.1. The van der Waals surface area contributed by atoms with Crippen LogP contribution in [-0.2, 0) is 14.4 Å². The summed E-state index contributed by atoms with van der Waals surface area (Å²) in [6, 6.07) is -1.73. The van der Waals surface area contributed by atoms with Gasteiger partial charge in [-0.25, -0.2) is 25.2 Å². The number of anilines is 1. The van der Waals surface area contributed by atoms with E-state index in [0.29, 0.717) is 29.5 Å². The van der Waals surface area contributed by atoms with E-state index >= 15 is 0 Å². The van der Waals surface area contributed by atoms with Gasteiger partial charge in [0.15, 0.2) is 10.2 Å². The van der Waals surface area contributed by atoms with Gasteiger partial charge in [0, 0.05) is 18.1 Å². The first-order valence-electron chi connectivity index (χ1n) is 11.2. The van der Waals surface area contributed by atoms with E-state index in [1.165, 1.54) is 17.5 Å². The molecule has 0 bridgehead atoms. The summed E-state index contributed by atoms with van der Waals surface area (Å²) >= 11 is 1.21. The SMILES string of the molecule is CCC[C@@H](C(CC(C)C)C(=O)N[C@@H](CCCN=C(N)N[N+](=O)[O-])C(=O)Nc1nccs1)N(O)C=O. The number of carbonyl (C=O) groups is 3. The molecule has 0 saturated carbocycles. The minimum atomic E-state index is -0.980. The molecule has 0 aliphatic rings. The number of nitrogens with two attached hydrogens (primary N) is 1. The third kappa shape index (κ3) is 11.1. The van der Waals surface area contributed by atoms with Crippen LogP contribution < -0.4 is 21.8 Å². The Kier molecular flexibility index (Phi) is 13.2. The molecule has 14 nitrogen and oxygen atoms in total. The number of thiazole rings is 1. The monoisotopic (exact) mass is 514 g/mol. The van der Waals surface area contributed by atoms with Crippen molar-refractivity contribution in [2.24, 2.45) is 22.6 Å². The van der Waals surface area contributed by atoms with Crippen LogP contribution in [0.3, 0.4) is 0 Å². The Balaban J connectivity index is 3.03. The summed E-state index contributed by atoms with van der Waals surface area (Å²) < 4.78 is 0. The first-order valence-corrected chi connectivity index (χ1v) is 12.1. The summed E-state index contributed by atoms with van der Waals surface area (Å²) in [4.78, 5) is 55.7. The zero-order valence-electron chi connectivity index (χ0n) is 20.0. The van der Waals surface area contributed by atoms with Gasteiger partial charge < -0.3 is 16.4 Å². The largest absolute Gasteiger partial charge is 0.365 e. The lowest BCUT2D eigenvalue weighted by Crippen LogP contribution is -2.51. The van der Waals surface area contributed by atoms with E-state index in [0.717, 1.165) is 0 Å². The van der Waals surface area contributed by atoms with Crippen LogP contribution in [0, 0.1) is 22.0 Å². The molecule has 1 heterocycles. The Bertz CT molecular complexity index is 851. The first kappa shape index (κ1) is 29.7. The van der Waals surface area contributed by atoms with Crippen molar-refractivity contribution in [1.82, 2.24) is 20.8 Å². The van der Waals surface area contributed by atoms with E-state index in [1.807, 2.05) is 20.8 Å². The molecule has 6 N–H and O–H groups in total. The zero-order valence-corrected chi connectivity index (χ0v) is 20.9. The molecule has 1 aromatic heterocycles. The van der Waals surface area contributed by atoms with Crippen LogP contribution in [0.1, 0.15) is 52.9 Å². The fourth-order valence-electron chi connectivity index (χ4n) is 3.49. The predicted octanol–water partition coefficient (Wildman–Crippen LogP) is 1.12. The number of nitro groups is 1. The van der Waals surface area contributed by atoms with Crippen LogP contribution in [0.25, 0.3) is 0 Å². The minimum Gasteiger partial charge on any atom is -0.365 e. The maximum Gasteiger partial charge on any atom is 0.251 e. The minimum absolute atomic E-state index is 0.0764. The van der Waals surface area contributed by atoms with Gasteiger partial charge in [-0.05, 0) is 31.6 Å². The molecule has 1 rings (SSSR count). The highest BCUT2D eigenvalue weighted by Crippen LogP contribution is 2.23. The van der Waals surface area contributed by atoms with Crippen LogP contribution >= 0.6 is 11.3 Å². The number of guanidine groups is 1. The topological polar surface area (TPSA) is 205 Å². The Morgan fingerprint density at radius 1 is 1.37 bits per heavy atom. The van der Waals surface area contributed by atoms with E-state index in [-0.39, 0.29) is 37.7 Å². The Morgan fingerprint density at radius 2 is 2.09 bits per heavy atom. The number of nitrogens with one attached hydrogen (secondary N) is 3. The van der Waals surface area contributed by atoms with Gasteiger partial charge in [0.2, 0.25) is 18.2 Å². The molecule has 15 heteroatoms. The quantitative estimate of drug-likeness (QED) is 0.0407. The number of rotatable bonds is 16. The van der Waals surface area contributed by atoms with E-state index in [1.54, 1.807) is 10.8 Å². The normalized spacial score (nSPS) is 14.0. The van der Waals surface area contributed by atoms with Crippen molar-refractivity contribution < 1.29 is 24.6 Å². The number of amides is 3. The summed E-state index contributed by atoms with van der Waals surface area (Å²) in [7, 11) is 0. The third-order valence-electron chi connectivity index (χ3n) is 4.99. The summed E-state index contributed by atoms with van der Waals surface area (Å²) in [5, 5.41) is 27.6. The van der Waals surface area contributed by atoms with Crippen LogP contribution in [0.15, 0.2) is 16.6 Å². The predicted molar refractivity (Wildman–Crippen MR) is 130 cm³/mol. The van der Waals surface area contributed by atoms with Gasteiger partial charge in [-0.3, -0.25) is 19.6 Å². The summed E-state index contributed by atoms with van der Waals surface area (Å²) in [5.41, 5.74) is 7.12. The maximum absolute atomic E-state index is 13.3. The second-order valence-corrected chi connectivity index (χ2v) is 9.14. The average molecular weight is 515 g/mol. The number of hydrazine groups is 1. The van der Waals surface area contributed by atoms with Crippen molar-refractivity contribution in [2.45, 2.75) is 65.0 Å². The van der Waals surface area contributed by atoms with E-state index in [9.17, 15) is 29.7 Å². The molecule has 35 heavy (non-hydrogen) atoms. The lowest BCUT2D eigenvalue weighted by Gasteiger charge is -2.32. The van der Waals surface area contributed by atoms with Crippen molar-refractivity contribution >= 4 is 40.7 Å². The fraction of sp³-hybridized carbons (Fsp3) is 0.650. The summed E-state index contributed by atoms with van der Waals surface area (Å²) in [6.07, 6.45) is 3.64. The second kappa shape index (κ2) is 15.5. The highest BCUT2D eigenvalue weighted by Gasteiger charge is 2.34. The van der Waals surface area contributed by atoms with E-state index in [4.69, 9.17) is 5.73 Å². The lowest BCUT2D eigenvalue weighted by atomic mass is 9.86. The van der Waals surface area contributed by atoms with Gasteiger partial charge in [0.05, 0.1) is 12.0 Å². The van der Waals surface area contributed by atoms with Crippen molar-refractivity contribution in [3.63, 3.8) is 0 Å². The number of aromatic nitrogens is 1. The van der Waals surface area contributed by atoms with Crippen molar-refractivity contribution in [3.05, 3.63) is 21.7 Å². The number of hydrogen-bond acceptors (Lipinski definition) is 9. The number of hydrogen-bond donors (Lipinski definition) is 5. The van der Waals surface area contributed by atoms with Crippen LogP contribution in [0.2, 0.25) is 0 Å². The molecular formula is C20H34N8O6S. The third-order valence-corrected chi connectivity index (χ3v) is 5.68. The van der Waals surface area contributed by atoms with Gasteiger partial charge in [0.1, 0.15) is 6.04 Å². The number of nitrogens with zero attached hydrogens (tertiary/aromatic N) is 4. The Labute approximate surface area is 207 Å². The van der Waals surface area contributed by atoms with Gasteiger partial charge in [-0.15, -0.1) is 11.3 Å². The molecule has 0 radical (unpaired) electrons. The van der Waals surface area contributed by atoms with Gasteiger partial charge in [-0.2, -0.15) is 0 Å². The number of carbonyl (C=O) groups excluding carboxylic acids is 3. The standard InChI is InChI=1S/C20H34N8O6S/c1-4-6-16(27(32)12-29)14(11-13(2)3)17(30)24-15(18(31)25-20-23-9-10-35-20)7-5-8-22-19(21)26-28(33)34/h9-10,12-16,32H,4-8,11H2,1-3H3,(H,24,30)(H3,21,22,26)(H,23,25,31)/t14?,15-,16-/m0/s1. The first-order chi connectivity index (χ1) is 16.6. The summed E-state index contributed by atoms with van der Waals surface area (Å²) in [5.74, 6) is -2.02. The van der Waals surface area contributed by atoms with Gasteiger partial charge >= 0.3 is 0 Å². The van der Waals surface area contributed by atoms with Gasteiger partial charge in [0.25, 0.3) is 5.96 Å². The van der Waals surface area contributed by atoms with E-state index < -0.39 is 34.8 Å². The molecule has 3 atom stereocenters. The average Bonchev–Trinajstić information content (AvgIpc) is 3.29. The Morgan fingerprint density at radius 3 is 2.63 bits per heavy atom. The molecule has 3 amide bonds. The lowest BCUT2D eigenvalue weighted by molar-refractivity contribution is -0.525. The maximum atomic E-state index is 13.3. The molecule has 0 fully saturated rings. The molecule has 0 aliphatic carbocycles. The molecule has 1 unspecified atom stereocenters. The van der Waals surface area contributed by atoms with Crippen LogP contribution in [0.4, 0.5) is 5.13 Å². The molecule has 0 aliphatic heterocycles. The van der Waals surface area contributed by atoms with Crippen LogP contribution in [0.5, 0.6) is 0 Å². The molecular weight excluding hydrogens is 480 g/mol. The summed E-state index contributed by atoms with van der Waals surface area (Å²) in [6.45, 7) is 5.78. The molecule has 0 aromatic carbocycles. The number of hydroxylamine groups is 2. The number of aliphatic imine (C=N–C) groups is 1. The zero-order chi connectivity index (χ0) is 26.4. The van der Waals surface area contributed by atoms with Crippen molar-refractivity contribution in [1.29, 1.82) is 0 Å². The van der Waals surface area contributed by atoms with Crippen molar-refractivity contribution in [3.8, 4) is 0 Å². The second-order valence-electron chi connectivity index (χ2n) is 8.24. The smallest absolute Gasteiger partial charge is 0.251 e. The molecule has 196 valence electrons. The van der Waals surface area contributed by atoms with Crippen LogP contribution in [-0.4, -0.2) is 63.1 Å². The van der Waals surface area contributed by atoms with Crippen molar-refractivity contribution in [2.75, 3.05) is 11.9 Å².